The molecule has 0 aliphatic heterocycles. The van der Waals surface area contributed by atoms with Crippen molar-refractivity contribution in [2.75, 3.05) is 6.54 Å². The first-order valence-electron chi connectivity index (χ1n) is 3.82. The minimum atomic E-state index is 0.776. The summed E-state index contributed by atoms with van der Waals surface area (Å²) in [4.78, 5) is 0. The van der Waals surface area contributed by atoms with E-state index in [1.54, 1.807) is 11.3 Å². The molecule has 0 fully saturated rings. The van der Waals surface area contributed by atoms with Gasteiger partial charge in [0.25, 0.3) is 0 Å². The highest BCUT2D eigenvalue weighted by Gasteiger charge is 1.98. The SMILES string of the molecule is Cc1nnc(CCCCN)s1. The summed E-state index contributed by atoms with van der Waals surface area (Å²) in [6.45, 7) is 2.75. The van der Waals surface area contributed by atoms with Gasteiger partial charge < -0.3 is 5.73 Å². The number of hydrogen-bond acceptors (Lipinski definition) is 4. The zero-order valence-corrected chi connectivity index (χ0v) is 7.52. The second-order valence-electron chi connectivity index (χ2n) is 2.46. The summed E-state index contributed by atoms with van der Waals surface area (Å²) in [6.07, 6.45) is 3.24. The van der Waals surface area contributed by atoms with Crippen LogP contribution in [0.25, 0.3) is 0 Å². The topological polar surface area (TPSA) is 51.8 Å². The maximum atomic E-state index is 5.37. The van der Waals surface area contributed by atoms with Gasteiger partial charge in [-0.1, -0.05) is 0 Å². The van der Waals surface area contributed by atoms with Crippen LogP contribution in [0.4, 0.5) is 0 Å². The van der Waals surface area contributed by atoms with E-state index in [0.29, 0.717) is 0 Å². The highest BCUT2D eigenvalue weighted by molar-refractivity contribution is 7.11. The number of aromatic nitrogens is 2. The first-order valence-corrected chi connectivity index (χ1v) is 4.63. The smallest absolute Gasteiger partial charge is 0.117 e. The molecule has 0 aliphatic carbocycles. The van der Waals surface area contributed by atoms with E-state index in [2.05, 4.69) is 10.2 Å². The van der Waals surface area contributed by atoms with Gasteiger partial charge in [0.15, 0.2) is 0 Å². The summed E-state index contributed by atoms with van der Waals surface area (Å²) in [7, 11) is 0. The van der Waals surface area contributed by atoms with Crippen LogP contribution in [-0.2, 0) is 6.42 Å². The molecule has 3 nitrogen and oxygen atoms in total. The summed E-state index contributed by atoms with van der Waals surface area (Å²) >= 11 is 1.68. The van der Waals surface area contributed by atoms with E-state index in [9.17, 15) is 0 Å². The fourth-order valence-corrected chi connectivity index (χ4v) is 1.61. The quantitative estimate of drug-likeness (QED) is 0.691. The second kappa shape index (κ2) is 4.41. The van der Waals surface area contributed by atoms with Crippen LogP contribution in [0.5, 0.6) is 0 Å². The summed E-state index contributed by atoms with van der Waals surface area (Å²) in [6, 6.07) is 0. The average molecular weight is 171 g/mol. The minimum absolute atomic E-state index is 0.776. The van der Waals surface area contributed by atoms with Crippen molar-refractivity contribution in [1.82, 2.24) is 10.2 Å². The minimum Gasteiger partial charge on any atom is -0.330 e. The fourth-order valence-electron chi connectivity index (χ4n) is 0.859. The summed E-state index contributed by atoms with van der Waals surface area (Å²) in [5.41, 5.74) is 5.37. The first kappa shape index (κ1) is 8.62. The van der Waals surface area contributed by atoms with Gasteiger partial charge in [-0.3, -0.25) is 0 Å². The van der Waals surface area contributed by atoms with E-state index in [4.69, 9.17) is 5.73 Å². The van der Waals surface area contributed by atoms with Crippen molar-refractivity contribution < 1.29 is 0 Å². The number of unbranched alkanes of at least 4 members (excludes halogenated alkanes) is 1. The second-order valence-corrected chi connectivity index (χ2v) is 3.73. The van der Waals surface area contributed by atoms with Crippen LogP contribution in [0.15, 0.2) is 0 Å². The molecular formula is C7H13N3S. The molecule has 1 aromatic rings. The molecule has 62 valence electrons. The van der Waals surface area contributed by atoms with E-state index in [1.807, 2.05) is 6.92 Å². The molecule has 1 heterocycles. The van der Waals surface area contributed by atoms with Gasteiger partial charge in [0, 0.05) is 6.42 Å². The lowest BCUT2D eigenvalue weighted by Crippen LogP contribution is -1.98. The van der Waals surface area contributed by atoms with Crippen LogP contribution in [0.1, 0.15) is 22.9 Å². The molecule has 0 amide bonds. The lowest BCUT2D eigenvalue weighted by atomic mass is 10.2. The third-order valence-electron chi connectivity index (χ3n) is 1.41. The van der Waals surface area contributed by atoms with Crippen LogP contribution < -0.4 is 5.73 Å². The van der Waals surface area contributed by atoms with Gasteiger partial charge in [-0.2, -0.15) is 0 Å². The predicted molar refractivity (Wildman–Crippen MR) is 46.6 cm³/mol. The Morgan fingerprint density at radius 2 is 2.18 bits per heavy atom. The highest BCUT2D eigenvalue weighted by Crippen LogP contribution is 2.10. The van der Waals surface area contributed by atoms with Crippen LogP contribution in [0.2, 0.25) is 0 Å². The number of nitrogens with zero attached hydrogens (tertiary/aromatic N) is 2. The van der Waals surface area contributed by atoms with Crippen LogP contribution in [0.3, 0.4) is 0 Å². The zero-order valence-electron chi connectivity index (χ0n) is 6.71. The van der Waals surface area contributed by atoms with E-state index >= 15 is 0 Å². The van der Waals surface area contributed by atoms with Crippen LogP contribution >= 0.6 is 11.3 Å². The Morgan fingerprint density at radius 1 is 1.36 bits per heavy atom. The van der Waals surface area contributed by atoms with Crippen molar-refractivity contribution in [2.24, 2.45) is 5.73 Å². The third-order valence-corrected chi connectivity index (χ3v) is 2.31. The van der Waals surface area contributed by atoms with E-state index in [-0.39, 0.29) is 0 Å². The molecule has 0 atom stereocenters. The Morgan fingerprint density at radius 3 is 2.73 bits per heavy atom. The van der Waals surface area contributed by atoms with Crippen molar-refractivity contribution in [2.45, 2.75) is 26.2 Å². The molecular weight excluding hydrogens is 158 g/mol. The normalized spacial score (nSPS) is 10.4. The molecule has 0 saturated carbocycles. The van der Waals surface area contributed by atoms with Gasteiger partial charge in [0.05, 0.1) is 0 Å². The summed E-state index contributed by atoms with van der Waals surface area (Å²) in [5, 5.41) is 10.1. The fraction of sp³-hybridized carbons (Fsp3) is 0.714. The van der Waals surface area contributed by atoms with Gasteiger partial charge in [-0.05, 0) is 26.3 Å². The Balaban J connectivity index is 2.27. The average Bonchev–Trinajstić information content (AvgIpc) is 2.37. The van der Waals surface area contributed by atoms with Crippen molar-refractivity contribution in [3.05, 3.63) is 10.0 Å². The molecule has 1 aromatic heterocycles. The molecule has 0 bridgehead atoms. The van der Waals surface area contributed by atoms with Gasteiger partial charge in [0.2, 0.25) is 0 Å². The van der Waals surface area contributed by atoms with Gasteiger partial charge in [-0.15, -0.1) is 21.5 Å². The molecule has 11 heavy (non-hydrogen) atoms. The number of hydrogen-bond donors (Lipinski definition) is 1. The largest absolute Gasteiger partial charge is 0.330 e. The monoisotopic (exact) mass is 171 g/mol. The number of rotatable bonds is 4. The lowest BCUT2D eigenvalue weighted by Gasteiger charge is -1.91. The molecule has 0 spiro atoms. The number of nitrogens with two attached hydrogens (primary N) is 1. The number of aryl methyl sites for hydroxylation is 2. The Hall–Kier alpha value is -0.480. The summed E-state index contributed by atoms with van der Waals surface area (Å²) in [5.74, 6) is 0. The molecule has 0 aliphatic rings. The zero-order chi connectivity index (χ0) is 8.10. The summed E-state index contributed by atoms with van der Waals surface area (Å²) < 4.78 is 0. The maximum Gasteiger partial charge on any atom is 0.117 e. The van der Waals surface area contributed by atoms with Crippen LogP contribution in [0, 0.1) is 6.92 Å². The van der Waals surface area contributed by atoms with Crippen molar-refractivity contribution >= 4 is 11.3 Å². The Labute approximate surface area is 70.6 Å². The van der Waals surface area contributed by atoms with Crippen molar-refractivity contribution in [1.29, 1.82) is 0 Å². The van der Waals surface area contributed by atoms with Crippen molar-refractivity contribution in [3.8, 4) is 0 Å². The Kier molecular flexibility index (Phi) is 3.45. The van der Waals surface area contributed by atoms with E-state index in [1.165, 1.54) is 0 Å². The molecule has 0 radical (unpaired) electrons. The molecule has 0 saturated heterocycles. The molecule has 2 N–H and O–H groups in total. The van der Waals surface area contributed by atoms with Gasteiger partial charge in [0.1, 0.15) is 10.0 Å². The molecule has 4 heteroatoms. The maximum absolute atomic E-state index is 5.37. The molecule has 0 unspecified atom stereocenters. The van der Waals surface area contributed by atoms with Crippen molar-refractivity contribution in [3.63, 3.8) is 0 Å². The van der Waals surface area contributed by atoms with Crippen LogP contribution in [-0.4, -0.2) is 16.7 Å². The van der Waals surface area contributed by atoms with Gasteiger partial charge in [-0.25, -0.2) is 0 Å². The predicted octanol–water partition coefficient (Wildman–Crippen LogP) is 1.13. The molecule has 1 rings (SSSR count). The van der Waals surface area contributed by atoms with E-state index in [0.717, 1.165) is 35.8 Å². The highest BCUT2D eigenvalue weighted by atomic mass is 32.1. The standard InChI is InChI=1S/C7H13N3S/c1-6-9-10-7(11-6)4-2-3-5-8/h2-5,8H2,1H3. The van der Waals surface area contributed by atoms with Gasteiger partial charge >= 0.3 is 0 Å². The lowest BCUT2D eigenvalue weighted by molar-refractivity contribution is 0.735. The Bertz CT molecular complexity index is 209. The molecule has 0 aromatic carbocycles. The van der Waals surface area contributed by atoms with E-state index < -0.39 is 0 Å². The first-order chi connectivity index (χ1) is 5.33. The third kappa shape index (κ3) is 2.95.